The lowest BCUT2D eigenvalue weighted by Crippen LogP contribution is -2.41. The van der Waals surface area contributed by atoms with Gasteiger partial charge in [-0.05, 0) is 24.0 Å². The maximum atomic E-state index is 14.5. The second-order valence-electron chi connectivity index (χ2n) is 9.46. The molecule has 0 fully saturated rings. The minimum absolute atomic E-state index is 0.0283. The second-order valence-corrected chi connectivity index (χ2v) is 11.1. The molecule has 1 N–H and O–H groups in total. The molecule has 0 amide bonds. The highest BCUT2D eigenvalue weighted by molar-refractivity contribution is 7.52. The van der Waals surface area contributed by atoms with Gasteiger partial charge in [-0.1, -0.05) is 71.6 Å². The largest absolute Gasteiger partial charge is 0.513 e. The van der Waals surface area contributed by atoms with E-state index in [0.29, 0.717) is 25.7 Å². The third-order valence-electron chi connectivity index (χ3n) is 6.57. The minimum atomic E-state index is -5.24. The summed E-state index contributed by atoms with van der Waals surface area (Å²) in [6.45, 7) is 7.49. The highest BCUT2D eigenvalue weighted by Gasteiger charge is 2.40. The van der Waals surface area contributed by atoms with Gasteiger partial charge in [0.2, 0.25) is 34.8 Å². The first-order valence-electron chi connectivity index (χ1n) is 13.5. The molecule has 0 spiro atoms. The Morgan fingerprint density at radius 2 is 1.21 bits per heavy atom. The van der Waals surface area contributed by atoms with Crippen LogP contribution in [0.5, 0.6) is 11.5 Å². The predicted octanol–water partition coefficient (Wildman–Crippen LogP) is 7.26. The Kier molecular flexibility index (Phi) is 13.7. The zero-order valence-corrected chi connectivity index (χ0v) is 24.7. The molecule has 42 heavy (non-hydrogen) atoms. The first kappa shape index (κ1) is 35.0. The first-order valence-corrected chi connectivity index (χ1v) is 15.1. The Bertz CT molecular complexity index is 1210. The van der Waals surface area contributed by atoms with Gasteiger partial charge in [0, 0.05) is 0 Å². The molecular weight excluding hydrogens is 588 g/mol. The summed E-state index contributed by atoms with van der Waals surface area (Å²) in [5.41, 5.74) is 0. The van der Waals surface area contributed by atoms with E-state index < -0.39 is 67.0 Å². The van der Waals surface area contributed by atoms with Crippen molar-refractivity contribution in [3.63, 3.8) is 0 Å². The topological polar surface area (TPSA) is 100 Å². The van der Waals surface area contributed by atoms with E-state index in [1.807, 2.05) is 27.7 Å². The third kappa shape index (κ3) is 9.69. The summed E-state index contributed by atoms with van der Waals surface area (Å²) in [6.07, 6.45) is 1.93. The number of ether oxygens (including phenoxy) is 2. The van der Waals surface area contributed by atoms with Crippen LogP contribution in [0.1, 0.15) is 59.8 Å². The van der Waals surface area contributed by atoms with Crippen molar-refractivity contribution in [1.82, 2.24) is 5.09 Å². The molecule has 0 heterocycles. The van der Waals surface area contributed by atoms with Crippen molar-refractivity contribution in [2.24, 2.45) is 11.8 Å². The van der Waals surface area contributed by atoms with Crippen molar-refractivity contribution in [1.29, 1.82) is 0 Å². The van der Waals surface area contributed by atoms with Crippen molar-refractivity contribution in [2.75, 3.05) is 13.2 Å². The smallest absolute Gasteiger partial charge is 0.465 e. The van der Waals surface area contributed by atoms with Crippen molar-refractivity contribution < 1.29 is 54.6 Å². The summed E-state index contributed by atoms with van der Waals surface area (Å²) in [6, 6.07) is 5.07. The van der Waals surface area contributed by atoms with E-state index in [-0.39, 0.29) is 30.8 Å². The van der Waals surface area contributed by atoms with Crippen LogP contribution < -0.4 is 14.1 Å². The van der Waals surface area contributed by atoms with Crippen molar-refractivity contribution in [3.8, 4) is 11.5 Å². The fourth-order valence-electron chi connectivity index (χ4n) is 3.63. The van der Waals surface area contributed by atoms with Crippen LogP contribution in [0, 0.1) is 40.9 Å². The van der Waals surface area contributed by atoms with Crippen molar-refractivity contribution in [2.45, 2.75) is 65.8 Å². The zero-order valence-electron chi connectivity index (χ0n) is 23.8. The molecule has 0 aromatic heterocycles. The number of hydrogen-bond acceptors (Lipinski definition) is 7. The molecule has 2 rings (SSSR count). The molecule has 2 aromatic rings. The van der Waals surface area contributed by atoms with Crippen LogP contribution >= 0.6 is 7.75 Å². The fraction of sp³-hybridized carbons (Fsp3) is 0.500. The van der Waals surface area contributed by atoms with Crippen molar-refractivity contribution in [3.05, 3.63) is 59.4 Å². The average molecular weight is 624 g/mol. The molecule has 0 saturated heterocycles. The molecule has 0 saturated carbocycles. The molecule has 0 bridgehead atoms. The van der Waals surface area contributed by atoms with Gasteiger partial charge in [-0.15, -0.1) is 0 Å². The number of nitrogens with one attached hydrogen (secondary N) is 1. The summed E-state index contributed by atoms with van der Waals surface area (Å²) in [4.78, 5) is 25.8. The van der Waals surface area contributed by atoms with E-state index in [9.17, 15) is 36.1 Å². The maximum absolute atomic E-state index is 14.5. The summed E-state index contributed by atoms with van der Waals surface area (Å²) < 4.78 is 105. The van der Waals surface area contributed by atoms with Gasteiger partial charge in [0.05, 0.1) is 19.6 Å². The van der Waals surface area contributed by atoms with Crippen molar-refractivity contribution >= 4 is 19.7 Å². The predicted molar refractivity (Wildman–Crippen MR) is 143 cm³/mol. The molecule has 2 atom stereocenters. The van der Waals surface area contributed by atoms with Gasteiger partial charge >= 0.3 is 19.7 Å². The highest BCUT2D eigenvalue weighted by atomic mass is 31.2. The fourth-order valence-corrected chi connectivity index (χ4v) is 5.16. The second kappa shape index (κ2) is 16.5. The Hall–Kier alpha value is -3.18. The lowest BCUT2D eigenvalue weighted by atomic mass is 10.1. The number of hydrogen-bond donors (Lipinski definition) is 1. The number of esters is 2. The average Bonchev–Trinajstić information content (AvgIpc) is 2.98. The number of halogens is 5. The summed E-state index contributed by atoms with van der Waals surface area (Å²) >= 11 is 0. The van der Waals surface area contributed by atoms with E-state index in [0.717, 1.165) is 0 Å². The van der Waals surface area contributed by atoms with E-state index >= 15 is 0 Å². The third-order valence-corrected chi connectivity index (χ3v) is 8.07. The van der Waals surface area contributed by atoms with Gasteiger partial charge in [-0.25, -0.2) is 17.7 Å². The minimum Gasteiger partial charge on any atom is -0.465 e. The van der Waals surface area contributed by atoms with Gasteiger partial charge < -0.3 is 18.5 Å². The Balaban J connectivity index is 2.48. The highest BCUT2D eigenvalue weighted by Crippen LogP contribution is 2.48. The Morgan fingerprint density at radius 1 is 0.738 bits per heavy atom. The van der Waals surface area contributed by atoms with Crippen LogP contribution in [0.4, 0.5) is 22.0 Å². The number of carbonyl (C=O) groups excluding carboxylic acids is 2. The number of carbonyl (C=O) groups is 2. The molecule has 2 aromatic carbocycles. The standard InChI is InChI=1S/C28H35F5NO7P/c1-5-17(6-2)15-38-21(35)14-20(28(36)39-16-18(7-3)8-4)34-42(37,40-19-12-10-9-11-13-19)41-27-25(32)23(30)22(29)24(31)26(27)33/h9-13,17-18,20H,5-8,14-16H2,1-4H3,(H,34,37)/t20-,42?/m0/s1. The summed E-state index contributed by atoms with van der Waals surface area (Å²) in [5, 5.41) is 2.11. The molecule has 1 unspecified atom stereocenters. The van der Waals surface area contributed by atoms with Gasteiger partial charge in [0.1, 0.15) is 11.8 Å². The monoisotopic (exact) mass is 623 g/mol. The number of benzene rings is 2. The van der Waals surface area contributed by atoms with Gasteiger partial charge in [0.15, 0.2) is 0 Å². The van der Waals surface area contributed by atoms with Crippen LogP contribution in [0.25, 0.3) is 0 Å². The molecule has 14 heteroatoms. The number of rotatable bonds is 17. The van der Waals surface area contributed by atoms with E-state index in [4.69, 9.17) is 18.5 Å². The summed E-state index contributed by atoms with van der Waals surface area (Å²) in [5.74, 6) is -16.2. The normalized spacial score (nSPS) is 13.5. The quantitative estimate of drug-likeness (QED) is 0.0647. The molecule has 0 aliphatic heterocycles. The lowest BCUT2D eigenvalue weighted by molar-refractivity contribution is -0.153. The van der Waals surface area contributed by atoms with Crippen LogP contribution in [-0.2, 0) is 23.6 Å². The molecule has 0 aliphatic rings. The van der Waals surface area contributed by atoms with Gasteiger partial charge in [-0.2, -0.15) is 13.9 Å². The van der Waals surface area contributed by atoms with Gasteiger partial charge in [0.25, 0.3) is 0 Å². The molecule has 0 radical (unpaired) electrons. The van der Waals surface area contributed by atoms with Crippen LogP contribution in [0.3, 0.4) is 0 Å². The molecule has 234 valence electrons. The van der Waals surface area contributed by atoms with Crippen LogP contribution in [0.15, 0.2) is 30.3 Å². The molecular formula is C28H35F5NO7P. The molecule has 8 nitrogen and oxygen atoms in total. The van der Waals surface area contributed by atoms with Gasteiger partial charge in [-0.3, -0.25) is 9.59 Å². The van der Waals surface area contributed by atoms with Crippen LogP contribution in [-0.4, -0.2) is 31.2 Å². The van der Waals surface area contributed by atoms with E-state index in [2.05, 4.69) is 5.09 Å². The van der Waals surface area contributed by atoms with E-state index in [1.54, 1.807) is 6.07 Å². The van der Waals surface area contributed by atoms with Crippen LogP contribution in [0.2, 0.25) is 0 Å². The van der Waals surface area contributed by atoms with E-state index in [1.165, 1.54) is 24.3 Å². The lowest BCUT2D eigenvalue weighted by Gasteiger charge is -2.25. The zero-order chi connectivity index (χ0) is 31.4. The maximum Gasteiger partial charge on any atom is 0.513 e. The molecule has 0 aliphatic carbocycles. The Labute approximate surface area is 241 Å². The first-order chi connectivity index (χ1) is 19.9. The Morgan fingerprint density at radius 3 is 1.71 bits per heavy atom. The SMILES string of the molecule is CCC(CC)COC(=O)C[C@H](NP(=O)(Oc1ccccc1)Oc1c(F)c(F)c(F)c(F)c1F)C(=O)OCC(CC)CC. The number of para-hydroxylation sites is 1. The summed E-state index contributed by atoms with van der Waals surface area (Å²) in [7, 11) is -5.24.